The van der Waals surface area contributed by atoms with Gasteiger partial charge in [0.05, 0.1) is 0 Å². The number of rotatable bonds is 6. The zero-order valence-electron chi connectivity index (χ0n) is 7.40. The molecule has 0 aromatic rings. The fourth-order valence-electron chi connectivity index (χ4n) is 1.49. The van der Waals surface area contributed by atoms with Crippen molar-refractivity contribution in [2.45, 2.75) is 46.0 Å². The molecule has 1 atom stereocenters. The van der Waals surface area contributed by atoms with Gasteiger partial charge in [-0.3, -0.25) is 0 Å². The average Bonchev–Trinajstić information content (AvgIpc) is 1.90. The van der Waals surface area contributed by atoms with Crippen LogP contribution in [0.15, 0.2) is 0 Å². The highest BCUT2D eigenvalue weighted by Gasteiger charge is 2.03. The van der Waals surface area contributed by atoms with Crippen LogP contribution < -0.4 is 0 Å². The molecule has 0 saturated heterocycles. The molecule has 0 bridgehead atoms. The zero-order valence-corrected chi connectivity index (χ0v) is 8.55. The van der Waals surface area contributed by atoms with Gasteiger partial charge in [-0.25, -0.2) is 0 Å². The van der Waals surface area contributed by atoms with Gasteiger partial charge < -0.3 is 0 Å². The fraction of sp³-hybridized carbons (Fsp3) is 1.00. The van der Waals surface area contributed by atoms with Crippen LogP contribution in [0.3, 0.4) is 0 Å². The lowest BCUT2D eigenvalue weighted by Crippen LogP contribution is -1.99. The summed E-state index contributed by atoms with van der Waals surface area (Å²) in [7, 11) is 2.82. The summed E-state index contributed by atoms with van der Waals surface area (Å²) >= 11 is 0. The van der Waals surface area contributed by atoms with Gasteiger partial charge >= 0.3 is 0 Å². The Hall–Kier alpha value is 0.430. The van der Waals surface area contributed by atoms with Gasteiger partial charge in [0.25, 0.3) is 0 Å². The predicted octanol–water partition coefficient (Wildman–Crippen LogP) is 3.47. The highest BCUT2D eigenvalue weighted by molar-refractivity contribution is 7.16. The Morgan fingerprint density at radius 2 is 1.50 bits per heavy atom. The van der Waals surface area contributed by atoms with Crippen molar-refractivity contribution in [2.24, 2.45) is 5.92 Å². The van der Waals surface area contributed by atoms with Crippen LogP contribution in [0.4, 0.5) is 0 Å². The van der Waals surface area contributed by atoms with E-state index in [1.165, 1.54) is 38.3 Å². The van der Waals surface area contributed by atoms with E-state index < -0.39 is 0 Å². The second kappa shape index (κ2) is 7.54. The van der Waals surface area contributed by atoms with E-state index in [1.54, 1.807) is 0 Å². The van der Waals surface area contributed by atoms with E-state index in [0.717, 1.165) is 5.92 Å². The molecule has 0 heterocycles. The summed E-state index contributed by atoms with van der Waals surface area (Å²) in [5.74, 6) is 1.01. The Bertz CT molecular complexity index is 47.5. The fourth-order valence-corrected chi connectivity index (χ4v) is 1.96. The SMILES string of the molecule is CCCC(CCC)CCP. The van der Waals surface area contributed by atoms with Gasteiger partial charge in [-0.05, 0) is 18.5 Å². The summed E-state index contributed by atoms with van der Waals surface area (Å²) < 4.78 is 0. The van der Waals surface area contributed by atoms with Crippen LogP contribution in [0.1, 0.15) is 46.0 Å². The molecule has 0 aromatic carbocycles. The molecular weight excluding hydrogens is 139 g/mol. The minimum atomic E-state index is 1.01. The molecule has 0 N–H and O–H groups in total. The van der Waals surface area contributed by atoms with Crippen molar-refractivity contribution in [1.29, 1.82) is 0 Å². The predicted molar refractivity (Wildman–Crippen MR) is 52.5 cm³/mol. The van der Waals surface area contributed by atoms with Gasteiger partial charge in [0.15, 0.2) is 0 Å². The number of hydrogen-bond acceptors (Lipinski definition) is 0. The number of hydrogen-bond donors (Lipinski definition) is 0. The van der Waals surface area contributed by atoms with Crippen LogP contribution in [-0.4, -0.2) is 6.16 Å². The summed E-state index contributed by atoms with van der Waals surface area (Å²) in [6.07, 6.45) is 8.27. The molecule has 0 rings (SSSR count). The van der Waals surface area contributed by atoms with Crippen molar-refractivity contribution in [3.8, 4) is 0 Å². The Balaban J connectivity index is 3.30. The molecule has 1 unspecified atom stereocenters. The maximum atomic E-state index is 2.82. The molecule has 1 heteroatoms. The molecule has 0 aliphatic rings. The Morgan fingerprint density at radius 1 is 1.00 bits per heavy atom. The first-order valence-corrected chi connectivity index (χ1v) is 5.36. The van der Waals surface area contributed by atoms with E-state index in [-0.39, 0.29) is 0 Å². The van der Waals surface area contributed by atoms with Gasteiger partial charge in [0.2, 0.25) is 0 Å². The Morgan fingerprint density at radius 3 is 1.80 bits per heavy atom. The van der Waals surface area contributed by atoms with Crippen LogP contribution in [0, 0.1) is 5.92 Å². The van der Waals surface area contributed by atoms with Gasteiger partial charge in [-0.2, -0.15) is 0 Å². The lowest BCUT2D eigenvalue weighted by Gasteiger charge is -2.12. The average molecular weight is 160 g/mol. The van der Waals surface area contributed by atoms with E-state index in [9.17, 15) is 0 Å². The molecule has 10 heavy (non-hydrogen) atoms. The van der Waals surface area contributed by atoms with Gasteiger partial charge in [0, 0.05) is 0 Å². The quantitative estimate of drug-likeness (QED) is 0.522. The minimum Gasteiger partial charge on any atom is -0.138 e. The van der Waals surface area contributed by atoms with Crippen LogP contribution in [-0.2, 0) is 0 Å². The monoisotopic (exact) mass is 160 g/mol. The molecule has 0 saturated carbocycles. The molecule has 0 aliphatic carbocycles. The van der Waals surface area contributed by atoms with Crippen LogP contribution in [0.25, 0.3) is 0 Å². The molecule has 62 valence electrons. The van der Waals surface area contributed by atoms with Gasteiger partial charge in [-0.1, -0.05) is 39.5 Å². The first-order chi connectivity index (χ1) is 4.85. The molecular formula is C9H21P. The van der Waals surface area contributed by atoms with Crippen LogP contribution in [0.5, 0.6) is 0 Å². The van der Waals surface area contributed by atoms with Crippen molar-refractivity contribution < 1.29 is 0 Å². The molecule has 0 nitrogen and oxygen atoms in total. The highest BCUT2D eigenvalue weighted by Crippen LogP contribution is 2.17. The maximum absolute atomic E-state index is 2.82. The molecule has 0 amide bonds. The second-order valence-electron chi connectivity index (χ2n) is 3.02. The summed E-state index contributed by atoms with van der Waals surface area (Å²) in [6.45, 7) is 4.57. The smallest absolute Gasteiger partial charge is 0.0378 e. The van der Waals surface area contributed by atoms with Gasteiger partial charge in [0.1, 0.15) is 0 Å². The third-order valence-electron chi connectivity index (χ3n) is 1.97. The third kappa shape index (κ3) is 5.23. The second-order valence-corrected chi connectivity index (χ2v) is 3.60. The molecule has 0 radical (unpaired) electrons. The molecule has 0 aromatic heterocycles. The van der Waals surface area contributed by atoms with Gasteiger partial charge in [-0.15, -0.1) is 9.24 Å². The van der Waals surface area contributed by atoms with Crippen molar-refractivity contribution in [1.82, 2.24) is 0 Å². The maximum Gasteiger partial charge on any atom is -0.0378 e. The minimum absolute atomic E-state index is 1.01. The Labute approximate surface area is 68.0 Å². The summed E-state index contributed by atoms with van der Waals surface area (Å²) in [6, 6.07) is 0. The first kappa shape index (κ1) is 10.4. The lowest BCUT2D eigenvalue weighted by molar-refractivity contribution is 0.430. The molecule has 0 spiro atoms. The van der Waals surface area contributed by atoms with E-state index in [2.05, 4.69) is 23.1 Å². The van der Waals surface area contributed by atoms with Crippen molar-refractivity contribution >= 4 is 9.24 Å². The third-order valence-corrected chi connectivity index (χ3v) is 2.30. The Kier molecular flexibility index (Phi) is 7.86. The lowest BCUT2D eigenvalue weighted by atomic mass is 9.96. The molecule has 0 aliphatic heterocycles. The van der Waals surface area contributed by atoms with E-state index in [4.69, 9.17) is 0 Å². The highest BCUT2D eigenvalue weighted by atomic mass is 31.0. The summed E-state index contributed by atoms with van der Waals surface area (Å²) in [5.41, 5.74) is 0. The largest absolute Gasteiger partial charge is 0.138 e. The standard InChI is InChI=1S/C9H21P/c1-3-5-9(6-4-2)7-8-10/h9H,3-8,10H2,1-2H3. The van der Waals surface area contributed by atoms with E-state index in [1.807, 2.05) is 0 Å². The topological polar surface area (TPSA) is 0 Å². The summed E-state index contributed by atoms with van der Waals surface area (Å²) in [5, 5.41) is 0. The van der Waals surface area contributed by atoms with Crippen LogP contribution >= 0.6 is 9.24 Å². The van der Waals surface area contributed by atoms with E-state index >= 15 is 0 Å². The normalized spacial score (nSPS) is 10.8. The van der Waals surface area contributed by atoms with Crippen molar-refractivity contribution in [3.63, 3.8) is 0 Å². The van der Waals surface area contributed by atoms with Crippen LogP contribution in [0.2, 0.25) is 0 Å². The van der Waals surface area contributed by atoms with Crippen molar-refractivity contribution in [2.75, 3.05) is 6.16 Å². The first-order valence-electron chi connectivity index (χ1n) is 4.55. The zero-order chi connectivity index (χ0) is 7.82. The van der Waals surface area contributed by atoms with E-state index in [0.29, 0.717) is 0 Å². The summed E-state index contributed by atoms with van der Waals surface area (Å²) in [4.78, 5) is 0. The van der Waals surface area contributed by atoms with Crippen molar-refractivity contribution in [3.05, 3.63) is 0 Å². The molecule has 0 fully saturated rings.